The largest absolute Gasteiger partial charge is 0.497 e. The van der Waals surface area contributed by atoms with Gasteiger partial charge in [0.25, 0.3) is 0 Å². The zero-order chi connectivity index (χ0) is 17.6. The van der Waals surface area contributed by atoms with Crippen molar-refractivity contribution in [3.63, 3.8) is 0 Å². The van der Waals surface area contributed by atoms with Crippen LogP contribution in [0.4, 0.5) is 10.1 Å². The molecule has 0 aliphatic carbocycles. The van der Waals surface area contributed by atoms with Crippen molar-refractivity contribution in [2.75, 3.05) is 18.2 Å². The van der Waals surface area contributed by atoms with Crippen molar-refractivity contribution in [1.29, 1.82) is 0 Å². The highest BCUT2D eigenvalue weighted by molar-refractivity contribution is 8.01. The number of anilines is 1. The molecule has 1 amide bonds. The van der Waals surface area contributed by atoms with Crippen LogP contribution < -0.4 is 10.1 Å². The highest BCUT2D eigenvalue weighted by atomic mass is 32.2. The summed E-state index contributed by atoms with van der Waals surface area (Å²) in [5, 5.41) is 4.73. The summed E-state index contributed by atoms with van der Waals surface area (Å²) >= 11 is 2.83. The van der Waals surface area contributed by atoms with Crippen LogP contribution in [-0.4, -0.2) is 23.8 Å². The molecule has 2 aromatic carbocycles. The van der Waals surface area contributed by atoms with Gasteiger partial charge in [-0.1, -0.05) is 11.8 Å². The molecular formula is C18H15FN2O2S2. The predicted molar refractivity (Wildman–Crippen MR) is 99.9 cm³/mol. The molecule has 0 saturated heterocycles. The Balaban J connectivity index is 1.54. The van der Waals surface area contributed by atoms with Crippen LogP contribution in [0, 0.1) is 5.82 Å². The minimum absolute atomic E-state index is 0.103. The molecule has 1 aromatic heterocycles. The molecule has 1 heterocycles. The van der Waals surface area contributed by atoms with E-state index in [2.05, 4.69) is 10.3 Å². The molecule has 4 nitrogen and oxygen atoms in total. The zero-order valence-corrected chi connectivity index (χ0v) is 15.0. The number of carbonyl (C=O) groups is 1. The summed E-state index contributed by atoms with van der Waals surface area (Å²) in [6.07, 6.45) is 0. The molecule has 0 atom stereocenters. The highest BCUT2D eigenvalue weighted by Gasteiger charge is 2.09. The Morgan fingerprint density at radius 2 is 1.92 bits per heavy atom. The van der Waals surface area contributed by atoms with E-state index in [4.69, 9.17) is 4.74 Å². The molecule has 0 radical (unpaired) electrons. The Morgan fingerprint density at radius 1 is 1.20 bits per heavy atom. The van der Waals surface area contributed by atoms with Gasteiger partial charge in [-0.05, 0) is 48.5 Å². The topological polar surface area (TPSA) is 51.2 Å². The standard InChI is InChI=1S/C18H15FN2O2S2/c1-23-15-8-6-14(7-9-15)20-17(22)11-25-18-21-16(10-24-18)12-2-4-13(19)5-3-12/h2-10H,11H2,1H3,(H,20,22). The lowest BCUT2D eigenvalue weighted by Crippen LogP contribution is -2.13. The predicted octanol–water partition coefficient (Wildman–Crippen LogP) is 4.69. The van der Waals surface area contributed by atoms with Crippen LogP contribution in [0.3, 0.4) is 0 Å². The molecule has 0 saturated carbocycles. The second-order valence-electron chi connectivity index (χ2n) is 5.07. The van der Waals surface area contributed by atoms with Crippen LogP contribution in [0.5, 0.6) is 5.75 Å². The number of thioether (sulfide) groups is 1. The fourth-order valence-corrected chi connectivity index (χ4v) is 3.71. The zero-order valence-electron chi connectivity index (χ0n) is 13.4. The number of halogens is 1. The smallest absolute Gasteiger partial charge is 0.234 e. The number of nitrogens with one attached hydrogen (secondary N) is 1. The summed E-state index contributed by atoms with van der Waals surface area (Å²) in [6, 6.07) is 13.4. The van der Waals surface area contributed by atoms with E-state index in [1.165, 1.54) is 35.2 Å². The van der Waals surface area contributed by atoms with Crippen LogP contribution in [0.1, 0.15) is 0 Å². The first kappa shape index (κ1) is 17.4. The molecule has 1 N–H and O–H groups in total. The van der Waals surface area contributed by atoms with E-state index in [1.807, 2.05) is 5.38 Å². The maximum Gasteiger partial charge on any atom is 0.234 e. The molecule has 3 aromatic rings. The summed E-state index contributed by atoms with van der Waals surface area (Å²) in [7, 11) is 1.60. The number of methoxy groups -OCH3 is 1. The lowest BCUT2D eigenvalue weighted by Gasteiger charge is -2.05. The van der Waals surface area contributed by atoms with Gasteiger partial charge in [0.2, 0.25) is 5.91 Å². The Bertz CT molecular complexity index is 848. The van der Waals surface area contributed by atoms with Crippen LogP contribution in [0.25, 0.3) is 11.3 Å². The summed E-state index contributed by atoms with van der Waals surface area (Å²) in [5.74, 6) is 0.628. The molecular weight excluding hydrogens is 359 g/mol. The molecule has 0 aliphatic rings. The third-order valence-corrected chi connectivity index (χ3v) is 5.34. The Kier molecular flexibility index (Phi) is 5.67. The van der Waals surface area contributed by atoms with Gasteiger partial charge in [0, 0.05) is 16.6 Å². The van der Waals surface area contributed by atoms with Gasteiger partial charge in [0.15, 0.2) is 4.34 Å². The Labute approximate surface area is 153 Å². The summed E-state index contributed by atoms with van der Waals surface area (Å²) < 4.78 is 18.8. The van der Waals surface area contributed by atoms with Gasteiger partial charge in [-0.25, -0.2) is 9.37 Å². The SMILES string of the molecule is COc1ccc(NC(=O)CSc2nc(-c3ccc(F)cc3)cs2)cc1. The number of rotatable bonds is 6. The quantitative estimate of drug-likeness (QED) is 0.636. The fourth-order valence-electron chi connectivity index (χ4n) is 2.08. The van der Waals surface area contributed by atoms with E-state index in [1.54, 1.807) is 43.5 Å². The van der Waals surface area contributed by atoms with Gasteiger partial charge >= 0.3 is 0 Å². The van der Waals surface area contributed by atoms with Gasteiger partial charge in [0.05, 0.1) is 18.6 Å². The summed E-state index contributed by atoms with van der Waals surface area (Å²) in [4.78, 5) is 16.5. The molecule has 0 fully saturated rings. The monoisotopic (exact) mass is 374 g/mol. The number of carbonyl (C=O) groups excluding carboxylic acids is 1. The van der Waals surface area contributed by atoms with Crippen LogP contribution in [0.15, 0.2) is 58.3 Å². The van der Waals surface area contributed by atoms with Crippen LogP contribution in [0.2, 0.25) is 0 Å². The van der Waals surface area contributed by atoms with Gasteiger partial charge < -0.3 is 10.1 Å². The van der Waals surface area contributed by atoms with E-state index in [0.29, 0.717) is 0 Å². The maximum absolute atomic E-state index is 13.0. The first-order chi connectivity index (χ1) is 12.1. The Hall–Kier alpha value is -2.38. The van der Waals surface area contributed by atoms with E-state index < -0.39 is 0 Å². The van der Waals surface area contributed by atoms with Gasteiger partial charge in [0.1, 0.15) is 11.6 Å². The molecule has 25 heavy (non-hydrogen) atoms. The number of amides is 1. The molecule has 7 heteroatoms. The van der Waals surface area contributed by atoms with Gasteiger partial charge in [-0.3, -0.25) is 4.79 Å². The van der Waals surface area contributed by atoms with E-state index in [-0.39, 0.29) is 17.5 Å². The lowest BCUT2D eigenvalue weighted by atomic mass is 10.2. The second-order valence-corrected chi connectivity index (χ2v) is 7.15. The van der Waals surface area contributed by atoms with Crippen molar-refractivity contribution < 1.29 is 13.9 Å². The summed E-state index contributed by atoms with van der Waals surface area (Å²) in [5.41, 5.74) is 2.35. The second kappa shape index (κ2) is 8.13. The van der Waals surface area contributed by atoms with Crippen molar-refractivity contribution in [3.05, 3.63) is 59.7 Å². The first-order valence-corrected chi connectivity index (χ1v) is 9.29. The number of benzene rings is 2. The van der Waals surface area contributed by atoms with Gasteiger partial charge in [-0.15, -0.1) is 11.3 Å². The van der Waals surface area contributed by atoms with Crippen LogP contribution >= 0.6 is 23.1 Å². The van der Waals surface area contributed by atoms with Crippen LogP contribution in [-0.2, 0) is 4.79 Å². The highest BCUT2D eigenvalue weighted by Crippen LogP contribution is 2.28. The molecule has 0 aliphatic heterocycles. The van der Waals surface area contributed by atoms with E-state index in [9.17, 15) is 9.18 Å². The normalized spacial score (nSPS) is 10.5. The number of aromatic nitrogens is 1. The number of ether oxygens (including phenoxy) is 1. The molecule has 0 spiro atoms. The van der Waals surface area contributed by atoms with Crippen molar-refractivity contribution in [2.24, 2.45) is 0 Å². The third kappa shape index (κ3) is 4.80. The molecule has 0 unspecified atom stereocenters. The lowest BCUT2D eigenvalue weighted by molar-refractivity contribution is -0.113. The fraction of sp³-hybridized carbons (Fsp3) is 0.111. The maximum atomic E-state index is 13.0. The third-order valence-electron chi connectivity index (χ3n) is 3.32. The average Bonchev–Trinajstić information content (AvgIpc) is 3.10. The molecule has 0 bridgehead atoms. The minimum Gasteiger partial charge on any atom is -0.497 e. The minimum atomic E-state index is -0.274. The number of nitrogens with zero attached hydrogens (tertiary/aromatic N) is 1. The van der Waals surface area contributed by atoms with Crippen molar-refractivity contribution in [2.45, 2.75) is 4.34 Å². The summed E-state index contributed by atoms with van der Waals surface area (Å²) in [6.45, 7) is 0. The van der Waals surface area contributed by atoms with Crippen molar-refractivity contribution >= 4 is 34.7 Å². The average molecular weight is 374 g/mol. The number of hydrogen-bond donors (Lipinski definition) is 1. The first-order valence-electron chi connectivity index (χ1n) is 7.42. The molecule has 128 valence electrons. The van der Waals surface area contributed by atoms with E-state index >= 15 is 0 Å². The molecule has 3 rings (SSSR count). The Morgan fingerprint density at radius 3 is 2.60 bits per heavy atom. The van der Waals surface area contributed by atoms with Crippen molar-refractivity contribution in [3.8, 4) is 17.0 Å². The number of hydrogen-bond acceptors (Lipinski definition) is 5. The van der Waals surface area contributed by atoms with Gasteiger partial charge in [-0.2, -0.15) is 0 Å². The number of thiazole rings is 1. The van der Waals surface area contributed by atoms with Crippen molar-refractivity contribution in [1.82, 2.24) is 4.98 Å². The van der Waals surface area contributed by atoms with E-state index in [0.717, 1.165) is 27.0 Å².